The lowest BCUT2D eigenvalue weighted by Crippen LogP contribution is -2.51. The first-order valence-corrected chi connectivity index (χ1v) is 13.6. The number of benzene rings is 1. The Balaban J connectivity index is 1.20. The molecule has 1 aliphatic carbocycles. The highest BCUT2D eigenvalue weighted by molar-refractivity contribution is 5.94. The number of unbranched alkanes of at least 4 members (excludes halogenated alkanes) is 2. The topological polar surface area (TPSA) is 75.7 Å². The van der Waals surface area contributed by atoms with Crippen LogP contribution in [-0.4, -0.2) is 54.8 Å². The van der Waals surface area contributed by atoms with E-state index in [4.69, 9.17) is 4.74 Å². The minimum atomic E-state index is -0.509. The summed E-state index contributed by atoms with van der Waals surface area (Å²) < 4.78 is 4.88. The van der Waals surface area contributed by atoms with Gasteiger partial charge in [-0.15, -0.1) is 0 Å². The molecule has 1 aromatic rings. The highest BCUT2D eigenvalue weighted by atomic mass is 16.5. The van der Waals surface area contributed by atoms with Gasteiger partial charge in [-0.05, 0) is 93.5 Å². The summed E-state index contributed by atoms with van der Waals surface area (Å²) in [6, 6.07) is 3.76. The Morgan fingerprint density at radius 3 is 2.57 bits per heavy atom. The molecule has 2 heterocycles. The molecule has 2 aliphatic heterocycles. The molecule has 0 aromatic heterocycles. The summed E-state index contributed by atoms with van der Waals surface area (Å²) in [5.74, 6) is 0.201. The molecule has 2 saturated heterocycles. The molecule has 3 aliphatic rings. The number of fused-ring (bicyclic) bond motifs is 1. The second-order valence-electron chi connectivity index (χ2n) is 10.9. The van der Waals surface area contributed by atoms with Crippen molar-refractivity contribution in [3.05, 3.63) is 34.4 Å². The van der Waals surface area contributed by atoms with Crippen LogP contribution in [0, 0.1) is 25.7 Å². The number of esters is 1. The Hall–Kier alpha value is -2.21. The van der Waals surface area contributed by atoms with Gasteiger partial charge in [-0.2, -0.15) is 0 Å². The lowest BCUT2D eigenvalue weighted by atomic mass is 9.80. The van der Waals surface area contributed by atoms with Crippen LogP contribution in [-0.2, 0) is 32.0 Å². The molecule has 0 bridgehead atoms. The molecule has 35 heavy (non-hydrogen) atoms. The van der Waals surface area contributed by atoms with Crippen LogP contribution < -0.4 is 5.32 Å². The van der Waals surface area contributed by atoms with Gasteiger partial charge in [0.25, 0.3) is 0 Å². The minimum Gasteiger partial charge on any atom is -0.467 e. The van der Waals surface area contributed by atoms with Gasteiger partial charge >= 0.3 is 5.97 Å². The average Bonchev–Trinajstić information content (AvgIpc) is 3.54. The second-order valence-corrected chi connectivity index (χ2v) is 10.9. The number of aryl methyl sites for hydroxylation is 3. The maximum absolute atomic E-state index is 13.2. The summed E-state index contributed by atoms with van der Waals surface area (Å²) in [6.07, 6.45) is 10.7. The van der Waals surface area contributed by atoms with Crippen LogP contribution in [0.2, 0.25) is 0 Å². The van der Waals surface area contributed by atoms with Gasteiger partial charge in [0.15, 0.2) is 0 Å². The fraction of sp³-hybridized carbons (Fsp3) is 0.690. The summed E-state index contributed by atoms with van der Waals surface area (Å²) in [5.41, 5.74) is 5.87. The number of nitrogens with one attached hydrogen (secondary N) is 1. The van der Waals surface area contributed by atoms with Crippen LogP contribution in [0.1, 0.15) is 80.0 Å². The maximum Gasteiger partial charge on any atom is 0.328 e. The molecule has 0 radical (unpaired) electrons. The standard InChI is InChI=1S/C29H42N2O4/c1-19-16-22-12-11-21(18-23(22)17-20(19)2)8-5-4-6-10-26(32)24-13-14-30-27(24)28(33)31-15-7-9-25(31)29(34)35-3/h16-17,21,24-25,27,30H,4-15,18H2,1-3H3/t21?,24?,25-,27+/m0/s1. The molecule has 0 spiro atoms. The normalized spacial score (nSPS) is 26.0. The quantitative estimate of drug-likeness (QED) is 0.424. The molecular formula is C29H42N2O4. The number of carbonyl (C=O) groups excluding carboxylic acids is 3. The molecule has 6 heteroatoms. The first-order chi connectivity index (χ1) is 16.9. The van der Waals surface area contributed by atoms with Crippen LogP contribution in [0.15, 0.2) is 12.1 Å². The van der Waals surface area contributed by atoms with Crippen molar-refractivity contribution in [3.8, 4) is 0 Å². The van der Waals surface area contributed by atoms with Gasteiger partial charge in [-0.1, -0.05) is 31.4 Å². The van der Waals surface area contributed by atoms with E-state index in [0.717, 1.165) is 31.6 Å². The van der Waals surface area contributed by atoms with Crippen molar-refractivity contribution in [1.29, 1.82) is 0 Å². The van der Waals surface area contributed by atoms with E-state index in [9.17, 15) is 14.4 Å². The highest BCUT2D eigenvalue weighted by Crippen LogP contribution is 2.31. The first-order valence-electron chi connectivity index (χ1n) is 13.6. The molecular weight excluding hydrogens is 440 g/mol. The zero-order valence-corrected chi connectivity index (χ0v) is 21.7. The van der Waals surface area contributed by atoms with E-state index in [-0.39, 0.29) is 23.6 Å². The molecule has 2 fully saturated rings. The third kappa shape index (κ3) is 5.96. The van der Waals surface area contributed by atoms with Gasteiger partial charge in [0.05, 0.1) is 13.2 Å². The van der Waals surface area contributed by atoms with Crippen molar-refractivity contribution >= 4 is 17.7 Å². The number of hydrogen-bond acceptors (Lipinski definition) is 5. The van der Waals surface area contributed by atoms with Gasteiger partial charge < -0.3 is 15.0 Å². The Bertz CT molecular complexity index is 943. The SMILES string of the molecule is COC(=O)[C@@H]1CCCN1C(=O)[C@@H]1NCCC1C(=O)CCCCCC1CCc2cc(C)c(C)cc2C1. The highest BCUT2D eigenvalue weighted by Gasteiger charge is 2.43. The van der Waals surface area contributed by atoms with Gasteiger partial charge in [-0.3, -0.25) is 9.59 Å². The van der Waals surface area contributed by atoms with Crippen molar-refractivity contribution in [2.75, 3.05) is 20.2 Å². The predicted molar refractivity (Wildman–Crippen MR) is 136 cm³/mol. The smallest absolute Gasteiger partial charge is 0.328 e. The Morgan fingerprint density at radius 1 is 1.03 bits per heavy atom. The number of carbonyl (C=O) groups is 3. The molecule has 6 nitrogen and oxygen atoms in total. The summed E-state index contributed by atoms with van der Waals surface area (Å²) in [4.78, 5) is 39.9. The van der Waals surface area contributed by atoms with Crippen molar-refractivity contribution in [2.24, 2.45) is 11.8 Å². The fourth-order valence-corrected chi connectivity index (χ4v) is 6.37. The third-order valence-electron chi connectivity index (χ3n) is 8.59. The van der Waals surface area contributed by atoms with Crippen LogP contribution in [0.5, 0.6) is 0 Å². The fourth-order valence-electron chi connectivity index (χ4n) is 6.37. The number of rotatable bonds is 9. The predicted octanol–water partition coefficient (Wildman–Crippen LogP) is 4.07. The number of likely N-dealkylation sites (tertiary alicyclic amines) is 1. The van der Waals surface area contributed by atoms with Gasteiger partial charge in [0.2, 0.25) is 5.91 Å². The first kappa shape index (κ1) is 25.9. The lowest BCUT2D eigenvalue weighted by Gasteiger charge is -2.28. The van der Waals surface area contributed by atoms with E-state index in [0.29, 0.717) is 32.4 Å². The Morgan fingerprint density at radius 2 is 1.80 bits per heavy atom. The number of amides is 1. The largest absolute Gasteiger partial charge is 0.467 e. The maximum atomic E-state index is 13.2. The van der Waals surface area contributed by atoms with E-state index in [1.54, 1.807) is 4.90 Å². The van der Waals surface area contributed by atoms with Crippen molar-refractivity contribution in [3.63, 3.8) is 0 Å². The summed E-state index contributed by atoms with van der Waals surface area (Å²) in [7, 11) is 1.36. The molecule has 1 amide bonds. The number of methoxy groups -OCH3 is 1. The summed E-state index contributed by atoms with van der Waals surface area (Å²) in [5, 5.41) is 3.24. The van der Waals surface area contributed by atoms with Crippen molar-refractivity contribution in [1.82, 2.24) is 10.2 Å². The van der Waals surface area contributed by atoms with E-state index < -0.39 is 12.1 Å². The monoisotopic (exact) mass is 482 g/mol. The van der Waals surface area contributed by atoms with E-state index in [1.807, 2.05) is 0 Å². The molecule has 1 N–H and O–H groups in total. The Kier molecular flexibility index (Phi) is 8.64. The number of Topliss-reactive ketones (excluding diaryl/α,β-unsaturated/α-hetero) is 1. The number of hydrogen-bond donors (Lipinski definition) is 1. The van der Waals surface area contributed by atoms with Crippen molar-refractivity contribution in [2.45, 2.75) is 96.6 Å². The van der Waals surface area contributed by atoms with Crippen molar-refractivity contribution < 1.29 is 19.1 Å². The summed E-state index contributed by atoms with van der Waals surface area (Å²) in [6.45, 7) is 5.64. The van der Waals surface area contributed by atoms with E-state index >= 15 is 0 Å². The third-order valence-corrected chi connectivity index (χ3v) is 8.59. The number of ketones is 1. The molecule has 1 aromatic carbocycles. The van der Waals surface area contributed by atoms with Gasteiger partial charge in [0.1, 0.15) is 11.8 Å². The lowest BCUT2D eigenvalue weighted by molar-refractivity contribution is -0.152. The number of nitrogens with zero attached hydrogens (tertiary/aromatic N) is 1. The van der Waals surface area contributed by atoms with E-state index in [1.165, 1.54) is 55.0 Å². The zero-order valence-electron chi connectivity index (χ0n) is 21.7. The Labute approximate surface area is 210 Å². The van der Waals surface area contributed by atoms with Crippen LogP contribution in [0.3, 0.4) is 0 Å². The average molecular weight is 483 g/mol. The van der Waals surface area contributed by atoms with Crippen LogP contribution >= 0.6 is 0 Å². The summed E-state index contributed by atoms with van der Waals surface area (Å²) >= 11 is 0. The van der Waals surface area contributed by atoms with Gasteiger partial charge in [0, 0.05) is 18.9 Å². The molecule has 2 unspecified atom stereocenters. The molecule has 4 atom stereocenters. The molecule has 0 saturated carbocycles. The van der Waals surface area contributed by atoms with Gasteiger partial charge in [-0.25, -0.2) is 4.79 Å². The van der Waals surface area contributed by atoms with E-state index in [2.05, 4.69) is 31.3 Å². The zero-order chi connectivity index (χ0) is 24.9. The van der Waals surface area contributed by atoms with Crippen LogP contribution in [0.25, 0.3) is 0 Å². The second kappa shape index (κ2) is 11.7. The van der Waals surface area contributed by atoms with Crippen LogP contribution in [0.4, 0.5) is 0 Å². The molecule has 4 rings (SSSR count). The minimum absolute atomic E-state index is 0.114. The molecule has 192 valence electrons. The number of ether oxygens (including phenoxy) is 1.